The van der Waals surface area contributed by atoms with Crippen molar-refractivity contribution in [3.8, 4) is 17.2 Å². The highest BCUT2D eigenvalue weighted by Gasteiger charge is 2.28. The maximum Gasteiger partial charge on any atom is 0.289 e. The van der Waals surface area contributed by atoms with Crippen molar-refractivity contribution in [3.63, 3.8) is 0 Å². The molecule has 0 N–H and O–H groups in total. The van der Waals surface area contributed by atoms with Crippen molar-refractivity contribution in [3.05, 3.63) is 71.7 Å². The lowest BCUT2D eigenvalue weighted by molar-refractivity contribution is -0.121. The van der Waals surface area contributed by atoms with Gasteiger partial charge in [-0.2, -0.15) is 0 Å². The molecule has 0 unspecified atom stereocenters. The van der Waals surface area contributed by atoms with Gasteiger partial charge in [0.05, 0.1) is 12.2 Å². The third-order valence-electron chi connectivity index (χ3n) is 6.50. The quantitative estimate of drug-likeness (QED) is 0.561. The van der Waals surface area contributed by atoms with Crippen LogP contribution in [-0.2, 0) is 17.9 Å². The number of carbonyl (C=O) groups is 2. The fraction of sp³-hybridized carbons (Fsp3) is 0.308. The van der Waals surface area contributed by atoms with Crippen molar-refractivity contribution in [1.82, 2.24) is 9.80 Å². The highest BCUT2D eigenvalue weighted by Crippen LogP contribution is 2.34. The molecule has 3 aromatic rings. The van der Waals surface area contributed by atoms with Crippen molar-refractivity contribution >= 4 is 17.5 Å². The monoisotopic (exact) mass is 475 g/mol. The van der Waals surface area contributed by atoms with Crippen LogP contribution in [0.2, 0.25) is 0 Å². The molecule has 0 bridgehead atoms. The summed E-state index contributed by atoms with van der Waals surface area (Å²) < 4.78 is 22.2. The number of amides is 2. The van der Waals surface area contributed by atoms with Crippen LogP contribution in [0.25, 0.3) is 0 Å². The van der Waals surface area contributed by atoms with Crippen LogP contribution in [0.3, 0.4) is 0 Å². The molecule has 0 aliphatic carbocycles. The molecular formula is C26H25N3O6. The maximum atomic E-state index is 13.0. The number of piperazine rings is 1. The van der Waals surface area contributed by atoms with Gasteiger partial charge in [-0.25, -0.2) is 0 Å². The molecule has 0 saturated carbocycles. The SMILES string of the molecule is O=C(c1ccc(CN2C(=O)COc3ccccc32)o1)N1CCN(Cc2ccc3c(c2)OCO3)CC1. The van der Waals surface area contributed by atoms with Crippen LogP contribution in [0.1, 0.15) is 21.9 Å². The Morgan fingerprint density at radius 1 is 0.829 bits per heavy atom. The van der Waals surface area contributed by atoms with Gasteiger partial charge in [-0.3, -0.25) is 19.4 Å². The predicted octanol–water partition coefficient (Wildman–Crippen LogP) is 2.89. The average molecular weight is 476 g/mol. The molecule has 180 valence electrons. The molecule has 1 fully saturated rings. The number of rotatable bonds is 5. The molecule has 0 spiro atoms. The summed E-state index contributed by atoms with van der Waals surface area (Å²) in [5.41, 5.74) is 1.86. The minimum absolute atomic E-state index is 0.0138. The largest absolute Gasteiger partial charge is 0.482 e. The molecule has 1 aromatic heterocycles. The molecule has 1 saturated heterocycles. The van der Waals surface area contributed by atoms with E-state index in [1.54, 1.807) is 17.0 Å². The fourth-order valence-corrected chi connectivity index (χ4v) is 4.62. The van der Waals surface area contributed by atoms with Gasteiger partial charge in [0, 0.05) is 32.7 Å². The van der Waals surface area contributed by atoms with Gasteiger partial charge in [0.2, 0.25) is 6.79 Å². The van der Waals surface area contributed by atoms with Crippen LogP contribution in [0.4, 0.5) is 5.69 Å². The second-order valence-electron chi connectivity index (χ2n) is 8.76. The minimum atomic E-state index is -0.147. The van der Waals surface area contributed by atoms with Crippen LogP contribution < -0.4 is 19.1 Å². The highest BCUT2D eigenvalue weighted by atomic mass is 16.7. The van der Waals surface area contributed by atoms with E-state index in [9.17, 15) is 9.59 Å². The summed E-state index contributed by atoms with van der Waals surface area (Å²) in [4.78, 5) is 31.2. The third kappa shape index (κ3) is 4.30. The molecule has 35 heavy (non-hydrogen) atoms. The van der Waals surface area contributed by atoms with E-state index >= 15 is 0 Å². The Morgan fingerprint density at radius 3 is 2.54 bits per heavy atom. The van der Waals surface area contributed by atoms with E-state index in [0.717, 1.165) is 36.7 Å². The van der Waals surface area contributed by atoms with Gasteiger partial charge in [0.25, 0.3) is 11.8 Å². The van der Waals surface area contributed by atoms with Crippen molar-refractivity contribution in [2.75, 3.05) is 44.5 Å². The second kappa shape index (κ2) is 8.99. The molecule has 2 aromatic carbocycles. The Bertz CT molecular complexity index is 1260. The first-order valence-corrected chi connectivity index (χ1v) is 11.6. The minimum Gasteiger partial charge on any atom is -0.482 e. The van der Waals surface area contributed by atoms with E-state index in [-0.39, 0.29) is 31.8 Å². The Balaban J connectivity index is 1.06. The lowest BCUT2D eigenvalue weighted by Gasteiger charge is -2.34. The summed E-state index contributed by atoms with van der Waals surface area (Å²) in [6.45, 7) is 4.07. The summed E-state index contributed by atoms with van der Waals surface area (Å²) in [5, 5.41) is 0. The molecule has 9 nitrogen and oxygen atoms in total. The first-order valence-electron chi connectivity index (χ1n) is 11.6. The number of carbonyl (C=O) groups excluding carboxylic acids is 2. The number of fused-ring (bicyclic) bond motifs is 2. The number of hydrogen-bond acceptors (Lipinski definition) is 7. The molecule has 9 heteroatoms. The van der Waals surface area contributed by atoms with E-state index in [0.29, 0.717) is 36.0 Å². The van der Waals surface area contributed by atoms with Gasteiger partial charge >= 0.3 is 0 Å². The van der Waals surface area contributed by atoms with E-state index in [2.05, 4.69) is 4.90 Å². The van der Waals surface area contributed by atoms with Crippen LogP contribution in [-0.4, -0.2) is 61.2 Å². The normalized spacial score (nSPS) is 17.3. The van der Waals surface area contributed by atoms with Crippen LogP contribution >= 0.6 is 0 Å². The molecule has 0 radical (unpaired) electrons. The average Bonchev–Trinajstić information content (AvgIpc) is 3.55. The summed E-state index contributed by atoms with van der Waals surface area (Å²) in [7, 11) is 0. The van der Waals surface area contributed by atoms with E-state index in [4.69, 9.17) is 18.6 Å². The van der Waals surface area contributed by atoms with Crippen LogP contribution in [0.15, 0.2) is 59.0 Å². The Labute approximate surface area is 202 Å². The molecule has 3 aliphatic heterocycles. The summed E-state index contributed by atoms with van der Waals surface area (Å²) in [6.07, 6.45) is 0. The van der Waals surface area contributed by atoms with Gasteiger partial charge in [-0.1, -0.05) is 18.2 Å². The third-order valence-corrected chi connectivity index (χ3v) is 6.50. The number of ether oxygens (including phenoxy) is 3. The smallest absolute Gasteiger partial charge is 0.289 e. The van der Waals surface area contributed by atoms with Gasteiger partial charge in [0.1, 0.15) is 11.5 Å². The van der Waals surface area contributed by atoms with Crippen molar-refractivity contribution < 1.29 is 28.2 Å². The molecule has 0 atom stereocenters. The molecule has 4 heterocycles. The standard InChI is InChI=1S/C26H25N3O6/c30-25-16-32-21-4-2-1-3-20(21)29(25)15-19-6-8-23(35-19)26(31)28-11-9-27(10-12-28)14-18-5-7-22-24(13-18)34-17-33-22/h1-8,13H,9-12,14-17H2. The first-order chi connectivity index (χ1) is 17.1. The lowest BCUT2D eigenvalue weighted by atomic mass is 10.1. The summed E-state index contributed by atoms with van der Waals surface area (Å²) in [5.74, 6) is 2.79. The number of furan rings is 1. The Hall–Kier alpha value is -3.98. The van der Waals surface area contributed by atoms with Crippen molar-refractivity contribution in [1.29, 1.82) is 0 Å². The van der Waals surface area contributed by atoms with E-state index in [1.165, 1.54) is 0 Å². The summed E-state index contributed by atoms with van der Waals surface area (Å²) >= 11 is 0. The molecular weight excluding hydrogens is 450 g/mol. The number of hydrogen-bond donors (Lipinski definition) is 0. The van der Waals surface area contributed by atoms with E-state index in [1.807, 2.05) is 47.4 Å². The summed E-state index contributed by atoms with van der Waals surface area (Å²) in [6, 6.07) is 16.8. The Morgan fingerprint density at radius 2 is 1.66 bits per heavy atom. The zero-order chi connectivity index (χ0) is 23.8. The fourth-order valence-electron chi connectivity index (χ4n) is 4.62. The molecule has 3 aliphatic rings. The van der Waals surface area contributed by atoms with Gasteiger partial charge in [-0.15, -0.1) is 0 Å². The van der Waals surface area contributed by atoms with Crippen molar-refractivity contribution in [2.45, 2.75) is 13.1 Å². The molecule has 2 amide bonds. The first kappa shape index (κ1) is 21.5. The highest BCUT2D eigenvalue weighted by molar-refractivity contribution is 5.97. The van der Waals surface area contributed by atoms with Gasteiger partial charge < -0.3 is 23.5 Å². The predicted molar refractivity (Wildman–Crippen MR) is 126 cm³/mol. The van der Waals surface area contributed by atoms with Crippen molar-refractivity contribution in [2.24, 2.45) is 0 Å². The zero-order valence-corrected chi connectivity index (χ0v) is 19.1. The lowest BCUT2D eigenvalue weighted by Crippen LogP contribution is -2.48. The van der Waals surface area contributed by atoms with Crippen LogP contribution in [0, 0.1) is 0 Å². The number of nitrogens with zero attached hydrogens (tertiary/aromatic N) is 3. The van der Waals surface area contributed by atoms with E-state index < -0.39 is 0 Å². The number of para-hydroxylation sites is 2. The zero-order valence-electron chi connectivity index (χ0n) is 19.1. The topological polar surface area (TPSA) is 84.7 Å². The molecule has 6 rings (SSSR count). The Kier molecular flexibility index (Phi) is 5.54. The number of benzene rings is 2. The van der Waals surface area contributed by atoms with Gasteiger partial charge in [-0.05, 0) is 42.0 Å². The second-order valence-corrected chi connectivity index (χ2v) is 8.76. The van der Waals surface area contributed by atoms with Gasteiger partial charge in [0.15, 0.2) is 23.9 Å². The number of anilines is 1. The van der Waals surface area contributed by atoms with Crippen LogP contribution in [0.5, 0.6) is 17.2 Å². The maximum absolute atomic E-state index is 13.0.